The third-order valence-electron chi connectivity index (χ3n) is 2.73. The lowest BCUT2D eigenvalue weighted by Crippen LogP contribution is -2.27. The van der Waals surface area contributed by atoms with E-state index in [0.29, 0.717) is 4.47 Å². The van der Waals surface area contributed by atoms with Gasteiger partial charge in [-0.3, -0.25) is 14.4 Å². The van der Waals surface area contributed by atoms with Crippen molar-refractivity contribution in [2.45, 2.75) is 0 Å². The van der Waals surface area contributed by atoms with Crippen LogP contribution in [0.25, 0.3) is 0 Å². The summed E-state index contributed by atoms with van der Waals surface area (Å²) in [4.78, 5) is 30.5. The van der Waals surface area contributed by atoms with Crippen LogP contribution >= 0.6 is 15.9 Å². The number of nitrogens with one attached hydrogen (secondary N) is 3. The molecule has 0 spiro atoms. The van der Waals surface area contributed by atoms with Crippen LogP contribution in [0.2, 0.25) is 0 Å². The molecule has 0 saturated carbocycles. The Morgan fingerprint density at radius 1 is 1.35 bits per heavy atom. The second kappa shape index (κ2) is 7.86. The van der Waals surface area contributed by atoms with E-state index in [1.54, 1.807) is 6.07 Å². The number of carbonyl (C=O) groups is 1. The van der Waals surface area contributed by atoms with E-state index in [9.17, 15) is 14.0 Å². The van der Waals surface area contributed by atoms with Crippen LogP contribution in [0.3, 0.4) is 0 Å². The van der Waals surface area contributed by atoms with Crippen molar-refractivity contribution in [1.29, 1.82) is 0 Å². The Kier molecular flexibility index (Phi) is 5.85. The molecule has 1 aromatic heterocycles. The van der Waals surface area contributed by atoms with Gasteiger partial charge in [0.05, 0.1) is 30.2 Å². The summed E-state index contributed by atoms with van der Waals surface area (Å²) in [6.45, 7) is -0.347. The number of anilines is 2. The Morgan fingerprint density at radius 3 is 2.83 bits per heavy atom. The van der Waals surface area contributed by atoms with Crippen LogP contribution in [-0.2, 0) is 4.84 Å². The highest BCUT2D eigenvalue weighted by Crippen LogP contribution is 2.24. The first-order chi connectivity index (χ1) is 11.0. The molecular formula is C14H13BrFN3O4. The molecule has 0 bridgehead atoms. The van der Waals surface area contributed by atoms with E-state index in [1.807, 2.05) is 0 Å². The van der Waals surface area contributed by atoms with Crippen LogP contribution in [-0.4, -0.2) is 29.2 Å². The van der Waals surface area contributed by atoms with Crippen LogP contribution in [0.15, 0.2) is 39.7 Å². The number of hydrogen-bond donors (Lipinski definition) is 4. The molecule has 0 saturated heterocycles. The van der Waals surface area contributed by atoms with Gasteiger partial charge in [0.1, 0.15) is 5.82 Å². The van der Waals surface area contributed by atoms with Crippen LogP contribution in [0, 0.1) is 5.82 Å². The first-order valence-corrected chi connectivity index (χ1v) is 7.28. The van der Waals surface area contributed by atoms with E-state index >= 15 is 0 Å². The number of carbonyl (C=O) groups excluding carboxylic acids is 1. The lowest BCUT2D eigenvalue weighted by atomic mass is 10.2. The normalized spacial score (nSPS) is 10.4. The first-order valence-electron chi connectivity index (χ1n) is 6.49. The number of H-pyrrole nitrogens is 1. The molecule has 122 valence electrons. The summed E-state index contributed by atoms with van der Waals surface area (Å²) in [7, 11) is 0. The summed E-state index contributed by atoms with van der Waals surface area (Å²) in [5, 5.41) is 11.3. The fourth-order valence-corrected chi connectivity index (χ4v) is 2.05. The highest BCUT2D eigenvalue weighted by molar-refractivity contribution is 9.10. The van der Waals surface area contributed by atoms with E-state index in [4.69, 9.17) is 9.94 Å². The van der Waals surface area contributed by atoms with E-state index < -0.39 is 17.3 Å². The van der Waals surface area contributed by atoms with Gasteiger partial charge in [-0.05, 0) is 18.2 Å². The molecule has 0 atom stereocenters. The van der Waals surface area contributed by atoms with Crippen molar-refractivity contribution in [3.05, 3.63) is 56.7 Å². The minimum atomic E-state index is -0.658. The van der Waals surface area contributed by atoms with Gasteiger partial charge in [0.2, 0.25) is 5.56 Å². The predicted molar refractivity (Wildman–Crippen MR) is 84.9 cm³/mol. The maximum absolute atomic E-state index is 13.9. The zero-order chi connectivity index (χ0) is 16.8. The number of aromatic amines is 1. The zero-order valence-electron chi connectivity index (χ0n) is 11.7. The van der Waals surface area contributed by atoms with Crippen molar-refractivity contribution in [3.8, 4) is 0 Å². The number of hydrogen-bond acceptors (Lipinski definition) is 5. The lowest BCUT2D eigenvalue weighted by Gasteiger charge is -2.12. The summed E-state index contributed by atoms with van der Waals surface area (Å²) in [6, 6.07) is 5.45. The summed E-state index contributed by atoms with van der Waals surface area (Å²) in [5.74, 6) is -1.21. The van der Waals surface area contributed by atoms with Crippen LogP contribution < -0.4 is 16.4 Å². The Morgan fingerprint density at radius 2 is 2.13 bits per heavy atom. The van der Waals surface area contributed by atoms with Crippen molar-refractivity contribution < 1.29 is 19.1 Å². The number of amides is 1. The Labute approximate surface area is 138 Å². The number of hydroxylamine groups is 1. The molecule has 0 aliphatic carbocycles. The van der Waals surface area contributed by atoms with Gasteiger partial charge < -0.3 is 15.4 Å². The smallest absolute Gasteiger partial charge is 0.278 e. The van der Waals surface area contributed by atoms with Crippen molar-refractivity contribution in [1.82, 2.24) is 10.5 Å². The molecule has 0 radical (unpaired) electrons. The molecule has 1 heterocycles. The van der Waals surface area contributed by atoms with Crippen molar-refractivity contribution in [2.75, 3.05) is 18.5 Å². The second-order valence-electron chi connectivity index (χ2n) is 4.38. The van der Waals surface area contributed by atoms with Crippen LogP contribution in [0.5, 0.6) is 0 Å². The molecule has 0 unspecified atom stereocenters. The topological polar surface area (TPSA) is 103 Å². The van der Waals surface area contributed by atoms with Crippen molar-refractivity contribution >= 4 is 33.2 Å². The van der Waals surface area contributed by atoms with Gasteiger partial charge in [-0.1, -0.05) is 15.9 Å². The summed E-state index contributed by atoms with van der Waals surface area (Å²) in [6.07, 6.45) is 1.18. The molecule has 0 fully saturated rings. The molecule has 4 N–H and O–H groups in total. The van der Waals surface area contributed by atoms with Gasteiger partial charge in [-0.15, -0.1) is 0 Å². The highest BCUT2D eigenvalue weighted by Gasteiger charge is 2.14. The Hall–Kier alpha value is -2.23. The largest absolute Gasteiger partial charge is 0.394 e. The van der Waals surface area contributed by atoms with Gasteiger partial charge in [0, 0.05) is 16.7 Å². The number of aliphatic hydroxyl groups is 1. The number of pyridine rings is 1. The summed E-state index contributed by atoms with van der Waals surface area (Å²) < 4.78 is 14.4. The zero-order valence-corrected chi connectivity index (χ0v) is 13.3. The minimum absolute atomic E-state index is 0.0462. The maximum atomic E-state index is 13.9. The van der Waals surface area contributed by atoms with Gasteiger partial charge in [0.15, 0.2) is 0 Å². The molecule has 9 heteroatoms. The highest BCUT2D eigenvalue weighted by atomic mass is 79.9. The number of halogens is 2. The fourth-order valence-electron chi connectivity index (χ4n) is 1.72. The van der Waals surface area contributed by atoms with Crippen LogP contribution in [0.4, 0.5) is 15.8 Å². The molecule has 7 nitrogen and oxygen atoms in total. The summed E-state index contributed by atoms with van der Waals surface area (Å²) in [5.41, 5.74) is 1.91. The van der Waals surface area contributed by atoms with Crippen molar-refractivity contribution in [3.63, 3.8) is 0 Å². The van der Waals surface area contributed by atoms with Gasteiger partial charge in [-0.2, -0.15) is 0 Å². The standard InChI is InChI=1S/C14H13BrFN3O4/c15-8-1-2-11(10(16)5-8)18-12-6-13(21)17-7-9(12)14(22)19-23-4-3-20/h1-2,5-7,20H,3-4H2,(H,19,22)(H2,17,18,21). The second-order valence-corrected chi connectivity index (χ2v) is 5.29. The van der Waals surface area contributed by atoms with E-state index in [2.05, 4.69) is 31.7 Å². The van der Waals surface area contributed by atoms with Crippen LogP contribution in [0.1, 0.15) is 10.4 Å². The fraction of sp³-hybridized carbons (Fsp3) is 0.143. The van der Waals surface area contributed by atoms with E-state index in [1.165, 1.54) is 18.3 Å². The number of aliphatic hydroxyl groups excluding tert-OH is 1. The SMILES string of the molecule is O=C(NOCCO)c1c[nH]c(=O)cc1Nc1ccc(Br)cc1F. The number of rotatable bonds is 6. The third kappa shape index (κ3) is 4.62. The molecular weight excluding hydrogens is 373 g/mol. The van der Waals surface area contributed by atoms with Gasteiger partial charge in [0.25, 0.3) is 5.91 Å². The third-order valence-corrected chi connectivity index (χ3v) is 3.22. The molecule has 1 aromatic carbocycles. The molecule has 2 aromatic rings. The average molecular weight is 386 g/mol. The molecule has 0 aliphatic rings. The molecule has 2 rings (SSSR count). The minimum Gasteiger partial charge on any atom is -0.394 e. The van der Waals surface area contributed by atoms with Crippen molar-refractivity contribution in [2.24, 2.45) is 0 Å². The lowest BCUT2D eigenvalue weighted by molar-refractivity contribution is 0.0168. The van der Waals surface area contributed by atoms with Gasteiger partial charge in [-0.25, -0.2) is 9.87 Å². The van der Waals surface area contributed by atoms with E-state index in [0.717, 1.165) is 6.07 Å². The predicted octanol–water partition coefficient (Wildman–Crippen LogP) is 1.67. The Balaban J connectivity index is 2.28. The molecule has 0 aliphatic heterocycles. The monoisotopic (exact) mass is 385 g/mol. The number of aromatic nitrogens is 1. The number of benzene rings is 1. The molecule has 23 heavy (non-hydrogen) atoms. The van der Waals surface area contributed by atoms with E-state index in [-0.39, 0.29) is 30.2 Å². The maximum Gasteiger partial charge on any atom is 0.278 e. The summed E-state index contributed by atoms with van der Waals surface area (Å²) >= 11 is 3.14. The molecule has 1 amide bonds. The Bertz CT molecular complexity index is 766. The average Bonchev–Trinajstić information content (AvgIpc) is 2.50. The first kappa shape index (κ1) is 17.1. The quantitative estimate of drug-likeness (QED) is 0.447. The van der Waals surface area contributed by atoms with Gasteiger partial charge >= 0.3 is 0 Å².